The van der Waals surface area contributed by atoms with E-state index >= 15 is 0 Å². The van der Waals surface area contributed by atoms with Crippen LogP contribution < -0.4 is 0 Å². The average molecular weight is 463 g/mol. The molecule has 0 unspecified atom stereocenters. The number of carbonyl (C=O) groups excluding carboxylic acids is 3. The van der Waals surface area contributed by atoms with Crippen LogP contribution in [-0.4, -0.2) is 54.8 Å². The minimum Gasteiger partial charge on any atom is -0.465 e. The Labute approximate surface area is 191 Å². The van der Waals surface area contributed by atoms with Crippen LogP contribution in [0, 0.1) is 0 Å². The van der Waals surface area contributed by atoms with E-state index in [0.717, 1.165) is 5.56 Å². The van der Waals surface area contributed by atoms with Crippen molar-refractivity contribution in [3.05, 3.63) is 83.0 Å². The molecular weight excluding hydrogens is 448 g/mol. The molecule has 0 aliphatic heterocycles. The third kappa shape index (κ3) is 4.46. The zero-order valence-corrected chi connectivity index (χ0v) is 17.9. The maximum Gasteiger partial charge on any atom is 0.337 e. The highest BCUT2D eigenvalue weighted by Gasteiger charge is 2.10. The Morgan fingerprint density at radius 3 is 2.21 bits per heavy atom. The van der Waals surface area contributed by atoms with Crippen LogP contribution in [0.3, 0.4) is 0 Å². The van der Waals surface area contributed by atoms with Gasteiger partial charge in [-0.05, 0) is 24.3 Å². The second-order valence-corrected chi connectivity index (χ2v) is 6.99. The smallest absolute Gasteiger partial charge is 0.337 e. The molecular formula is C22H15ClN6O4. The van der Waals surface area contributed by atoms with E-state index in [2.05, 4.69) is 20.2 Å². The first-order valence-electron chi connectivity index (χ1n) is 9.47. The van der Waals surface area contributed by atoms with Crippen LogP contribution in [0.4, 0.5) is 0 Å². The lowest BCUT2D eigenvalue weighted by Crippen LogP contribution is -2.01. The van der Waals surface area contributed by atoms with Crippen LogP contribution >= 0.6 is 11.6 Å². The van der Waals surface area contributed by atoms with E-state index in [4.69, 9.17) is 16.3 Å². The van der Waals surface area contributed by atoms with Gasteiger partial charge in [0.15, 0.2) is 23.9 Å². The van der Waals surface area contributed by atoms with E-state index in [9.17, 15) is 14.4 Å². The summed E-state index contributed by atoms with van der Waals surface area (Å²) in [6, 6.07) is 10.3. The molecule has 0 spiro atoms. The molecule has 0 N–H and O–H groups in total. The quantitative estimate of drug-likeness (QED) is 0.227. The molecule has 11 heteroatoms. The highest BCUT2D eigenvalue weighted by Crippen LogP contribution is 2.20. The summed E-state index contributed by atoms with van der Waals surface area (Å²) in [5.41, 5.74) is 3.68. The summed E-state index contributed by atoms with van der Waals surface area (Å²) in [4.78, 5) is 41.3. The summed E-state index contributed by atoms with van der Waals surface area (Å²) in [5, 5.41) is 8.28. The lowest BCUT2D eigenvalue weighted by molar-refractivity contribution is 0.0600. The molecule has 0 aliphatic rings. The molecule has 4 aromatic heterocycles. The molecule has 33 heavy (non-hydrogen) atoms. The normalized spacial score (nSPS) is 10.5. The second-order valence-electron chi connectivity index (χ2n) is 6.61. The highest BCUT2D eigenvalue weighted by molar-refractivity contribution is 6.29. The summed E-state index contributed by atoms with van der Waals surface area (Å²) in [6.45, 7) is 0. The number of methoxy groups -OCH3 is 1. The van der Waals surface area contributed by atoms with Crippen LogP contribution in [0.25, 0.3) is 22.6 Å². The number of ether oxygens (including phenoxy) is 1. The van der Waals surface area contributed by atoms with Crippen molar-refractivity contribution in [1.82, 2.24) is 29.2 Å². The second kappa shape index (κ2) is 9.37. The topological polar surface area (TPSA) is 121 Å². The number of fused-ring (bicyclic) bond motifs is 2. The Morgan fingerprint density at radius 1 is 0.939 bits per heavy atom. The van der Waals surface area contributed by atoms with Crippen molar-refractivity contribution in [3.8, 4) is 11.3 Å². The molecule has 0 aliphatic carbocycles. The van der Waals surface area contributed by atoms with Gasteiger partial charge in [0.25, 0.3) is 0 Å². The molecule has 4 heterocycles. The Kier molecular flexibility index (Phi) is 6.18. The number of rotatable bonds is 4. The van der Waals surface area contributed by atoms with Crippen molar-refractivity contribution in [1.29, 1.82) is 0 Å². The van der Waals surface area contributed by atoms with Gasteiger partial charge in [0, 0.05) is 18.0 Å². The number of hydrogen-bond donors (Lipinski definition) is 0. The molecule has 0 bridgehead atoms. The Hall–Kier alpha value is -4.44. The highest BCUT2D eigenvalue weighted by atomic mass is 35.5. The van der Waals surface area contributed by atoms with Gasteiger partial charge in [-0.2, -0.15) is 10.2 Å². The minimum absolute atomic E-state index is 0.353. The zero-order chi connectivity index (χ0) is 23.4. The van der Waals surface area contributed by atoms with Crippen molar-refractivity contribution in [2.45, 2.75) is 0 Å². The zero-order valence-electron chi connectivity index (χ0n) is 17.1. The Bertz CT molecular complexity index is 1490. The predicted octanol–water partition coefficient (Wildman–Crippen LogP) is 3.19. The van der Waals surface area contributed by atoms with Crippen LogP contribution in [0.1, 0.15) is 31.1 Å². The van der Waals surface area contributed by atoms with Gasteiger partial charge in [0.1, 0.15) is 5.15 Å². The number of halogens is 1. The Balaban J connectivity index is 0.000000183. The Morgan fingerprint density at radius 2 is 1.58 bits per heavy atom. The molecule has 5 aromatic rings. The maximum absolute atomic E-state index is 11.6. The summed E-state index contributed by atoms with van der Waals surface area (Å²) >= 11 is 5.64. The summed E-state index contributed by atoms with van der Waals surface area (Å²) in [5.74, 6) is -0.407. The number of carbonyl (C=O) groups is 3. The standard InChI is InChI=1S/C15H11N3O3.C7H4ClN3O/c1-21-15(20)11-4-2-3-10(7-11)13-5-6-18-14(17-13)12(9-19)8-16-18;8-6-1-2-11-7(10-6)5(4-12)3-9-11/h2-9H,1H3;1-4H. The first-order chi connectivity index (χ1) is 16.0. The van der Waals surface area contributed by atoms with Gasteiger partial charge < -0.3 is 4.74 Å². The lowest BCUT2D eigenvalue weighted by Gasteiger charge is -2.04. The third-order valence-corrected chi connectivity index (χ3v) is 4.80. The summed E-state index contributed by atoms with van der Waals surface area (Å²) in [7, 11) is 1.34. The van der Waals surface area contributed by atoms with Crippen molar-refractivity contribution in [3.63, 3.8) is 0 Å². The number of aromatic nitrogens is 6. The maximum atomic E-state index is 11.6. The fraction of sp³-hybridized carbons (Fsp3) is 0.0455. The minimum atomic E-state index is -0.407. The van der Waals surface area contributed by atoms with Gasteiger partial charge in [-0.25, -0.2) is 23.8 Å². The average Bonchev–Trinajstić information content (AvgIpc) is 3.46. The SMILES string of the molecule is COC(=O)c1cccc(-c2ccn3ncc(C=O)c3n2)c1.O=Cc1cnn2ccc(Cl)nc12. The van der Waals surface area contributed by atoms with Crippen LogP contribution in [-0.2, 0) is 4.74 Å². The number of benzene rings is 1. The van der Waals surface area contributed by atoms with Crippen molar-refractivity contribution >= 4 is 41.4 Å². The van der Waals surface area contributed by atoms with Crippen molar-refractivity contribution in [2.24, 2.45) is 0 Å². The van der Waals surface area contributed by atoms with Crippen molar-refractivity contribution in [2.75, 3.05) is 7.11 Å². The molecule has 0 amide bonds. The number of aldehydes is 2. The molecule has 0 radical (unpaired) electrons. The van der Waals surface area contributed by atoms with Crippen LogP contribution in [0.15, 0.2) is 61.2 Å². The first kappa shape index (κ1) is 21.8. The largest absolute Gasteiger partial charge is 0.465 e. The summed E-state index contributed by atoms with van der Waals surface area (Å²) in [6.07, 6.45) is 7.69. The van der Waals surface area contributed by atoms with Gasteiger partial charge in [0.2, 0.25) is 0 Å². The fourth-order valence-electron chi connectivity index (χ4n) is 3.00. The van der Waals surface area contributed by atoms with E-state index in [1.165, 1.54) is 28.5 Å². The van der Waals surface area contributed by atoms with Gasteiger partial charge in [-0.3, -0.25) is 9.59 Å². The molecule has 0 fully saturated rings. The number of hydrogen-bond acceptors (Lipinski definition) is 8. The van der Waals surface area contributed by atoms with Crippen molar-refractivity contribution < 1.29 is 19.1 Å². The molecule has 0 saturated heterocycles. The van der Waals surface area contributed by atoms with E-state index in [1.807, 2.05) is 6.07 Å². The van der Waals surface area contributed by atoms with Crippen LogP contribution in [0.5, 0.6) is 0 Å². The van der Waals surface area contributed by atoms with Crippen LogP contribution in [0.2, 0.25) is 5.15 Å². The van der Waals surface area contributed by atoms with Gasteiger partial charge in [0.05, 0.1) is 41.9 Å². The molecule has 1 aromatic carbocycles. The molecule has 0 saturated carbocycles. The molecule has 10 nitrogen and oxygen atoms in total. The molecule has 0 atom stereocenters. The lowest BCUT2D eigenvalue weighted by atomic mass is 10.1. The van der Waals surface area contributed by atoms with E-state index < -0.39 is 5.97 Å². The molecule has 164 valence electrons. The number of esters is 1. The van der Waals surface area contributed by atoms with Gasteiger partial charge in [-0.15, -0.1) is 0 Å². The van der Waals surface area contributed by atoms with Gasteiger partial charge in [-0.1, -0.05) is 23.7 Å². The number of nitrogens with zero attached hydrogens (tertiary/aromatic N) is 6. The predicted molar refractivity (Wildman–Crippen MR) is 119 cm³/mol. The first-order valence-corrected chi connectivity index (χ1v) is 9.85. The monoisotopic (exact) mass is 462 g/mol. The fourth-order valence-corrected chi connectivity index (χ4v) is 3.14. The van der Waals surface area contributed by atoms with E-state index in [-0.39, 0.29) is 0 Å². The molecule has 5 rings (SSSR count). The summed E-state index contributed by atoms with van der Waals surface area (Å²) < 4.78 is 7.72. The van der Waals surface area contributed by atoms with Gasteiger partial charge >= 0.3 is 5.97 Å². The van der Waals surface area contributed by atoms with E-state index in [1.54, 1.807) is 42.7 Å². The third-order valence-electron chi connectivity index (χ3n) is 4.59. The van der Waals surface area contributed by atoms with E-state index in [0.29, 0.717) is 51.4 Å².